The number of carbonyl (C=O) groups is 3. The highest BCUT2D eigenvalue weighted by atomic mass is 16.5. The maximum absolute atomic E-state index is 12.9. The Bertz CT molecular complexity index is 1280. The lowest BCUT2D eigenvalue weighted by molar-refractivity contribution is -0.121. The number of amides is 2. The first-order valence-corrected chi connectivity index (χ1v) is 11.4. The van der Waals surface area contributed by atoms with Crippen LogP contribution in [0.4, 0.5) is 5.69 Å². The number of aromatic nitrogens is 1. The number of ketones is 1. The molecule has 3 aromatic rings. The Morgan fingerprint density at radius 3 is 2.83 bits per heavy atom. The third-order valence-corrected chi connectivity index (χ3v) is 5.81. The number of hydrogen-bond acceptors (Lipinski definition) is 8. The highest BCUT2D eigenvalue weighted by Gasteiger charge is 2.28. The minimum Gasteiger partial charge on any atom is -0.485 e. The zero-order chi connectivity index (χ0) is 25.7. The van der Waals surface area contributed by atoms with E-state index in [2.05, 4.69) is 10.3 Å². The fourth-order valence-corrected chi connectivity index (χ4v) is 3.64. The molecule has 188 valence electrons. The van der Waals surface area contributed by atoms with E-state index in [0.29, 0.717) is 35.9 Å². The zero-order valence-electron chi connectivity index (χ0n) is 20.3. The van der Waals surface area contributed by atoms with Crippen LogP contribution in [0.3, 0.4) is 0 Å². The Morgan fingerprint density at radius 1 is 1.19 bits per heavy atom. The van der Waals surface area contributed by atoms with Crippen molar-refractivity contribution in [3.8, 4) is 11.5 Å². The predicted molar refractivity (Wildman–Crippen MR) is 130 cm³/mol. The van der Waals surface area contributed by atoms with Gasteiger partial charge in [0.25, 0.3) is 11.8 Å². The molecule has 0 bridgehead atoms. The molecule has 0 atom stereocenters. The summed E-state index contributed by atoms with van der Waals surface area (Å²) >= 11 is 0. The van der Waals surface area contributed by atoms with Crippen LogP contribution in [-0.4, -0.2) is 56.1 Å². The molecule has 2 aromatic carbocycles. The number of carbonyl (C=O) groups excluding carboxylic acids is 3. The minimum atomic E-state index is -0.410. The van der Waals surface area contributed by atoms with Crippen molar-refractivity contribution in [1.29, 1.82) is 0 Å². The summed E-state index contributed by atoms with van der Waals surface area (Å²) in [7, 11) is 1.54. The second-order valence-electron chi connectivity index (χ2n) is 8.24. The van der Waals surface area contributed by atoms with E-state index in [4.69, 9.17) is 18.6 Å². The molecule has 0 fully saturated rings. The average Bonchev–Trinajstić information content (AvgIpc) is 3.35. The Labute approximate surface area is 208 Å². The van der Waals surface area contributed by atoms with Gasteiger partial charge in [-0.15, -0.1) is 0 Å². The van der Waals surface area contributed by atoms with Crippen LogP contribution in [0.25, 0.3) is 0 Å². The van der Waals surface area contributed by atoms with Crippen molar-refractivity contribution in [2.45, 2.75) is 20.4 Å². The van der Waals surface area contributed by atoms with Gasteiger partial charge < -0.3 is 23.9 Å². The monoisotopic (exact) mass is 493 g/mol. The van der Waals surface area contributed by atoms with E-state index in [-0.39, 0.29) is 43.0 Å². The summed E-state index contributed by atoms with van der Waals surface area (Å²) in [5, 5.41) is 2.66. The number of hydrogen-bond donors (Lipinski definition) is 1. The highest BCUT2D eigenvalue weighted by Crippen LogP contribution is 2.34. The van der Waals surface area contributed by atoms with Crippen molar-refractivity contribution in [1.82, 2.24) is 10.3 Å². The summed E-state index contributed by atoms with van der Waals surface area (Å²) in [5.74, 6) is 0.277. The summed E-state index contributed by atoms with van der Waals surface area (Å²) in [4.78, 5) is 43.3. The third kappa shape index (κ3) is 5.55. The lowest BCUT2D eigenvalue weighted by Gasteiger charge is -2.28. The van der Waals surface area contributed by atoms with Gasteiger partial charge >= 0.3 is 0 Å². The van der Waals surface area contributed by atoms with Crippen LogP contribution in [0.2, 0.25) is 0 Å². The molecule has 0 spiro atoms. The van der Waals surface area contributed by atoms with Crippen molar-refractivity contribution in [2.75, 3.05) is 38.4 Å². The molecule has 4 rings (SSSR count). The highest BCUT2D eigenvalue weighted by molar-refractivity contribution is 6.02. The fraction of sp³-hybridized carbons (Fsp3) is 0.308. The quantitative estimate of drug-likeness (QED) is 0.338. The van der Waals surface area contributed by atoms with E-state index in [1.807, 2.05) is 32.0 Å². The SMILES string of the molecule is COCCNC(=O)c1coc(CN2C(=O)COc3ccc(C(=O)COc4cccc(C)c4C)cc32)n1. The second-order valence-corrected chi connectivity index (χ2v) is 8.24. The van der Waals surface area contributed by atoms with Crippen LogP contribution in [0.1, 0.15) is 37.9 Å². The van der Waals surface area contributed by atoms with Crippen LogP contribution in [-0.2, 0) is 16.1 Å². The van der Waals surface area contributed by atoms with E-state index in [9.17, 15) is 14.4 Å². The van der Waals surface area contributed by atoms with Gasteiger partial charge in [0.2, 0.25) is 5.89 Å². The number of ether oxygens (including phenoxy) is 3. The van der Waals surface area contributed by atoms with Crippen LogP contribution >= 0.6 is 0 Å². The van der Waals surface area contributed by atoms with Gasteiger partial charge in [-0.3, -0.25) is 19.3 Å². The second kappa shape index (κ2) is 11.0. The van der Waals surface area contributed by atoms with Crippen LogP contribution in [0.15, 0.2) is 47.1 Å². The normalized spacial score (nSPS) is 12.6. The molecular weight excluding hydrogens is 466 g/mol. The molecule has 0 saturated carbocycles. The molecular formula is C26H27N3O7. The Morgan fingerprint density at radius 2 is 2.03 bits per heavy atom. The van der Waals surface area contributed by atoms with Gasteiger partial charge in [0.15, 0.2) is 24.7 Å². The van der Waals surface area contributed by atoms with Gasteiger partial charge in [-0.25, -0.2) is 4.98 Å². The smallest absolute Gasteiger partial charge is 0.273 e. The van der Waals surface area contributed by atoms with Gasteiger partial charge in [-0.2, -0.15) is 0 Å². The maximum atomic E-state index is 12.9. The van der Waals surface area contributed by atoms with Gasteiger partial charge in [-0.05, 0) is 49.2 Å². The summed E-state index contributed by atoms with van der Waals surface area (Å²) in [6, 6.07) is 10.5. The summed E-state index contributed by atoms with van der Waals surface area (Å²) in [6.45, 7) is 4.26. The molecule has 2 amide bonds. The van der Waals surface area contributed by atoms with E-state index in [0.717, 1.165) is 11.1 Å². The minimum absolute atomic E-state index is 0.0306. The summed E-state index contributed by atoms with van der Waals surface area (Å²) < 4.78 is 21.6. The fourth-order valence-electron chi connectivity index (χ4n) is 3.64. The average molecular weight is 494 g/mol. The number of methoxy groups -OCH3 is 1. The molecule has 10 nitrogen and oxygen atoms in total. The molecule has 1 N–H and O–H groups in total. The van der Waals surface area contributed by atoms with E-state index in [1.165, 1.54) is 18.3 Å². The summed E-state index contributed by atoms with van der Waals surface area (Å²) in [6.07, 6.45) is 1.23. The van der Waals surface area contributed by atoms with E-state index < -0.39 is 5.91 Å². The molecule has 2 heterocycles. The zero-order valence-corrected chi connectivity index (χ0v) is 20.3. The molecule has 36 heavy (non-hydrogen) atoms. The molecule has 0 aliphatic carbocycles. The number of benzene rings is 2. The number of rotatable bonds is 10. The first-order chi connectivity index (χ1) is 17.4. The van der Waals surface area contributed by atoms with E-state index in [1.54, 1.807) is 18.2 Å². The summed E-state index contributed by atoms with van der Waals surface area (Å²) in [5.41, 5.74) is 2.91. The van der Waals surface area contributed by atoms with Gasteiger partial charge in [0.05, 0.1) is 12.3 Å². The van der Waals surface area contributed by atoms with Crippen LogP contribution in [0.5, 0.6) is 11.5 Å². The van der Waals surface area contributed by atoms with Crippen molar-refractivity contribution < 1.29 is 33.0 Å². The Balaban J connectivity index is 1.48. The van der Waals surface area contributed by atoms with Crippen molar-refractivity contribution in [2.24, 2.45) is 0 Å². The number of anilines is 1. The number of aryl methyl sites for hydroxylation is 1. The maximum Gasteiger partial charge on any atom is 0.273 e. The van der Waals surface area contributed by atoms with Gasteiger partial charge in [0, 0.05) is 19.2 Å². The topological polar surface area (TPSA) is 120 Å². The molecule has 0 unspecified atom stereocenters. The molecule has 1 aliphatic rings. The van der Waals surface area contributed by atoms with Crippen LogP contribution in [0, 0.1) is 13.8 Å². The number of nitrogens with one attached hydrogen (secondary N) is 1. The van der Waals surface area contributed by atoms with E-state index >= 15 is 0 Å². The standard InChI is InChI=1S/C26H27N3O7/c1-16-5-4-6-22(17(16)2)34-14-21(30)18-7-8-23-20(11-18)29(25(31)15-35-23)12-24-28-19(13-36-24)26(32)27-9-10-33-3/h4-8,11,13H,9-10,12,14-15H2,1-3H3,(H,27,32). The molecule has 1 aromatic heterocycles. The van der Waals surface area contributed by atoms with Crippen LogP contribution < -0.4 is 19.7 Å². The molecule has 10 heteroatoms. The van der Waals surface area contributed by atoms with Crippen molar-refractivity contribution in [3.05, 3.63) is 70.9 Å². The number of fused-ring (bicyclic) bond motifs is 1. The van der Waals surface area contributed by atoms with Gasteiger partial charge in [-0.1, -0.05) is 12.1 Å². The largest absolute Gasteiger partial charge is 0.485 e. The predicted octanol–water partition coefficient (Wildman–Crippen LogP) is 2.85. The van der Waals surface area contributed by atoms with Crippen molar-refractivity contribution >= 4 is 23.3 Å². The number of oxazole rings is 1. The Hall–Kier alpha value is -4.18. The lowest BCUT2D eigenvalue weighted by Crippen LogP contribution is -2.38. The number of Topliss-reactive ketones (excluding diaryl/α,β-unsaturated/α-hetero) is 1. The molecule has 1 aliphatic heterocycles. The molecule has 0 saturated heterocycles. The lowest BCUT2D eigenvalue weighted by atomic mass is 10.1. The third-order valence-electron chi connectivity index (χ3n) is 5.81. The van der Waals surface area contributed by atoms with Crippen molar-refractivity contribution in [3.63, 3.8) is 0 Å². The first kappa shape index (κ1) is 24.9. The first-order valence-electron chi connectivity index (χ1n) is 11.4. The molecule has 0 radical (unpaired) electrons. The van der Waals surface area contributed by atoms with Gasteiger partial charge in [0.1, 0.15) is 24.3 Å². The Kier molecular flexibility index (Phi) is 7.65. The number of nitrogens with zero attached hydrogens (tertiary/aromatic N) is 2.